The molecular formula is C44H53ClN2O6. The Morgan fingerprint density at radius 2 is 1.83 bits per heavy atom. The molecule has 11 rings (SSSR count). The number of aliphatic carboxylic acids is 1. The van der Waals surface area contributed by atoms with Crippen molar-refractivity contribution in [3.8, 4) is 11.5 Å². The summed E-state index contributed by atoms with van der Waals surface area (Å²) in [7, 11) is 1.83. The third-order valence-corrected chi connectivity index (χ3v) is 15.5. The number of carboxylic acids is 1. The number of rotatable bonds is 6. The summed E-state index contributed by atoms with van der Waals surface area (Å²) in [5.74, 6) is 0.467. The number of hydrogen-bond donors (Lipinski definition) is 4. The van der Waals surface area contributed by atoms with Gasteiger partial charge in [-0.3, -0.25) is 9.69 Å². The lowest BCUT2D eigenvalue weighted by Crippen LogP contribution is -2.83. The number of ether oxygens (including phenoxy) is 2. The number of methoxy groups -OCH3 is 1. The van der Waals surface area contributed by atoms with Gasteiger partial charge in [0.15, 0.2) is 11.5 Å². The molecule has 4 saturated carbocycles. The smallest absolute Gasteiger partial charge is 0.310 e. The first-order valence-electron chi connectivity index (χ1n) is 19.6. The van der Waals surface area contributed by atoms with Crippen LogP contribution >= 0.6 is 11.6 Å². The van der Waals surface area contributed by atoms with Crippen LogP contribution in [0.4, 0.5) is 0 Å². The molecule has 3 aromatic carbocycles. The molecule has 8 atom stereocenters. The Hall–Kier alpha value is -3.30. The molecule has 5 fully saturated rings. The standard InChI is InChI=1S/C29H41NO4.C15H12ClNO2/c1-25(2,3)26(4,32)20-15-27-10-11-29(20,33-5)24-28(27)12-13-30(16-17-6-7-17)21(27)14-18-8-9-19(31)23(34-24)22(18)28;1-8(15(18)19)9-2-4-11-12-7-10(16)3-5-13(12)17-14(11)6-9/h8-9,17,20-21,24,31-32H,6-7,10-16H2,1-5H3;2-8,17H,1H3,(H,18,19)/t20-,21-,24-,26+,27-,28+,29+;/m1./s1. The second kappa shape index (κ2) is 11.6. The second-order valence-corrected chi connectivity index (χ2v) is 18.9. The lowest BCUT2D eigenvalue weighted by Gasteiger charge is -2.75. The van der Waals surface area contributed by atoms with Crippen LogP contribution < -0.4 is 4.74 Å². The van der Waals surface area contributed by atoms with Gasteiger partial charge in [0.2, 0.25) is 0 Å². The molecule has 2 aliphatic heterocycles. The van der Waals surface area contributed by atoms with Gasteiger partial charge in [-0.15, -0.1) is 0 Å². The number of H-pyrrole nitrogens is 1. The fourth-order valence-electron chi connectivity index (χ4n) is 11.9. The van der Waals surface area contributed by atoms with E-state index in [4.69, 9.17) is 26.2 Å². The Balaban J connectivity index is 0.000000166. The van der Waals surface area contributed by atoms with Crippen LogP contribution in [-0.4, -0.2) is 74.7 Å². The molecule has 4 bridgehead atoms. The number of aliphatic hydroxyl groups is 1. The molecule has 9 heteroatoms. The van der Waals surface area contributed by atoms with Crippen LogP contribution in [0.3, 0.4) is 0 Å². The van der Waals surface area contributed by atoms with Gasteiger partial charge in [0, 0.05) is 68.8 Å². The van der Waals surface area contributed by atoms with Crippen molar-refractivity contribution in [1.82, 2.24) is 9.88 Å². The normalized spacial score (nSPS) is 32.8. The number of halogens is 1. The van der Waals surface area contributed by atoms with Gasteiger partial charge < -0.3 is 29.8 Å². The average Bonchev–Trinajstić information content (AvgIpc) is 3.76. The van der Waals surface area contributed by atoms with Crippen LogP contribution in [0.5, 0.6) is 11.5 Å². The summed E-state index contributed by atoms with van der Waals surface area (Å²) in [5.41, 5.74) is 3.50. The quantitative estimate of drug-likeness (QED) is 0.157. The maximum atomic E-state index is 12.2. The number of nitrogens with zero attached hydrogens (tertiary/aromatic N) is 1. The van der Waals surface area contributed by atoms with Crippen molar-refractivity contribution in [2.75, 3.05) is 20.2 Å². The molecule has 0 radical (unpaired) electrons. The Morgan fingerprint density at radius 3 is 2.53 bits per heavy atom. The molecule has 53 heavy (non-hydrogen) atoms. The molecule has 4 N–H and O–H groups in total. The highest BCUT2D eigenvalue weighted by atomic mass is 35.5. The first-order valence-corrected chi connectivity index (χ1v) is 19.9. The van der Waals surface area contributed by atoms with Crippen molar-refractivity contribution in [3.05, 3.63) is 70.2 Å². The number of benzene rings is 3. The predicted octanol–water partition coefficient (Wildman–Crippen LogP) is 8.58. The monoisotopic (exact) mass is 740 g/mol. The van der Waals surface area contributed by atoms with Gasteiger partial charge in [-0.2, -0.15) is 0 Å². The zero-order valence-corrected chi connectivity index (χ0v) is 32.5. The van der Waals surface area contributed by atoms with Crippen LogP contribution in [0.25, 0.3) is 21.8 Å². The molecule has 5 aliphatic carbocycles. The number of piperidine rings is 1. The van der Waals surface area contributed by atoms with E-state index >= 15 is 0 Å². The zero-order chi connectivity index (χ0) is 37.5. The van der Waals surface area contributed by atoms with E-state index in [1.165, 1.54) is 30.5 Å². The van der Waals surface area contributed by atoms with Gasteiger partial charge in [0.05, 0.1) is 11.5 Å². The topological polar surface area (TPSA) is 115 Å². The minimum atomic E-state index is -0.909. The van der Waals surface area contributed by atoms with Gasteiger partial charge >= 0.3 is 5.97 Å². The molecule has 1 aromatic heterocycles. The van der Waals surface area contributed by atoms with Gasteiger partial charge in [-0.05, 0) is 118 Å². The number of aromatic hydroxyl groups is 1. The van der Waals surface area contributed by atoms with Crippen LogP contribution in [0.1, 0.15) is 95.8 Å². The van der Waals surface area contributed by atoms with E-state index in [2.05, 4.69) is 36.7 Å². The highest BCUT2D eigenvalue weighted by Crippen LogP contribution is 2.78. The Labute approximate surface area is 316 Å². The van der Waals surface area contributed by atoms with E-state index in [1.807, 2.05) is 56.5 Å². The molecule has 282 valence electrons. The molecular weight excluding hydrogens is 688 g/mol. The first kappa shape index (κ1) is 35.4. The minimum Gasteiger partial charge on any atom is -0.504 e. The molecule has 7 aliphatic rings. The molecule has 1 unspecified atom stereocenters. The number of phenols is 1. The largest absolute Gasteiger partial charge is 0.504 e. The van der Waals surface area contributed by atoms with Crippen molar-refractivity contribution in [2.24, 2.45) is 22.7 Å². The maximum absolute atomic E-state index is 12.2. The molecule has 8 nitrogen and oxygen atoms in total. The van der Waals surface area contributed by atoms with Crippen molar-refractivity contribution >= 4 is 39.4 Å². The summed E-state index contributed by atoms with van der Waals surface area (Å²) >= 11 is 6.01. The van der Waals surface area contributed by atoms with Crippen LogP contribution in [0.2, 0.25) is 5.02 Å². The van der Waals surface area contributed by atoms with Crippen molar-refractivity contribution in [1.29, 1.82) is 0 Å². The van der Waals surface area contributed by atoms with Gasteiger partial charge in [0.25, 0.3) is 0 Å². The molecule has 3 heterocycles. The number of phenolic OH excluding ortho intramolecular Hbond substituents is 1. The van der Waals surface area contributed by atoms with Crippen molar-refractivity contribution in [2.45, 2.75) is 114 Å². The van der Waals surface area contributed by atoms with E-state index in [0.717, 1.165) is 71.9 Å². The molecule has 1 saturated heterocycles. The van der Waals surface area contributed by atoms with Gasteiger partial charge in [0.1, 0.15) is 11.7 Å². The van der Waals surface area contributed by atoms with E-state index in [1.54, 1.807) is 6.92 Å². The molecule has 4 aromatic rings. The van der Waals surface area contributed by atoms with Crippen LogP contribution in [0.15, 0.2) is 48.5 Å². The number of nitrogens with one attached hydrogen (secondary N) is 1. The number of carbonyl (C=O) groups is 1. The lowest BCUT2D eigenvalue weighted by atomic mass is 9.33. The SMILES string of the molecule is CC(C(=O)O)c1ccc2c(c1)[nH]c1ccc(Cl)cc12.CO[C@@]12CC[C@@]3(C[C@@H]1[C@](C)(O)C(C)(C)C)[C@H]1Cc4ccc(O)c5c4[C@@]3(CCN1CC1CC1)[C@H]2O5. The molecule has 0 amide bonds. The Bertz CT molecular complexity index is 2150. The lowest BCUT2D eigenvalue weighted by molar-refractivity contribution is -0.312. The summed E-state index contributed by atoms with van der Waals surface area (Å²) in [6.45, 7) is 12.5. The number of aromatic amines is 1. The fourth-order valence-corrected chi connectivity index (χ4v) is 12.1. The van der Waals surface area contributed by atoms with E-state index < -0.39 is 23.1 Å². The predicted molar refractivity (Wildman–Crippen MR) is 207 cm³/mol. The summed E-state index contributed by atoms with van der Waals surface area (Å²) in [5, 5.41) is 35.0. The third-order valence-electron chi connectivity index (χ3n) is 15.3. The van der Waals surface area contributed by atoms with E-state index in [0.29, 0.717) is 16.8 Å². The number of fused-ring (bicyclic) bond motifs is 5. The third kappa shape index (κ3) is 4.74. The second-order valence-electron chi connectivity index (χ2n) is 18.5. The van der Waals surface area contributed by atoms with Crippen molar-refractivity contribution < 1.29 is 29.6 Å². The van der Waals surface area contributed by atoms with E-state index in [9.17, 15) is 15.0 Å². The van der Waals surface area contributed by atoms with Crippen LogP contribution in [0, 0.1) is 22.7 Å². The zero-order valence-electron chi connectivity index (χ0n) is 31.8. The summed E-state index contributed by atoms with van der Waals surface area (Å²) < 4.78 is 13.5. The highest BCUT2D eigenvalue weighted by Gasteiger charge is 2.82. The summed E-state index contributed by atoms with van der Waals surface area (Å²) in [6.07, 6.45) is 7.64. The van der Waals surface area contributed by atoms with Crippen LogP contribution in [-0.2, 0) is 21.4 Å². The number of hydrogen-bond acceptors (Lipinski definition) is 6. The maximum Gasteiger partial charge on any atom is 0.310 e. The van der Waals surface area contributed by atoms with Gasteiger partial charge in [-0.1, -0.05) is 50.6 Å². The van der Waals surface area contributed by atoms with E-state index in [-0.39, 0.29) is 34.0 Å². The van der Waals surface area contributed by atoms with Crippen molar-refractivity contribution in [3.63, 3.8) is 0 Å². The Kier molecular flexibility index (Phi) is 7.75. The summed E-state index contributed by atoms with van der Waals surface area (Å²) in [6, 6.07) is 15.8. The number of aromatic nitrogens is 1. The first-order chi connectivity index (χ1) is 25.1. The number of carboxylic acid groups (broad SMARTS) is 1. The average molecular weight is 741 g/mol. The molecule has 2 spiro atoms. The minimum absolute atomic E-state index is 0.0294. The fraction of sp³-hybridized carbons (Fsp3) is 0.568. The highest BCUT2D eigenvalue weighted by molar-refractivity contribution is 6.31. The summed E-state index contributed by atoms with van der Waals surface area (Å²) in [4.78, 5) is 17.1. The van der Waals surface area contributed by atoms with Gasteiger partial charge in [-0.25, -0.2) is 0 Å². The number of likely N-dealkylation sites (tertiary alicyclic amines) is 1. The Morgan fingerprint density at radius 1 is 1.06 bits per heavy atom.